The minimum absolute atomic E-state index is 0.00676. The maximum atomic E-state index is 12.4. The van der Waals surface area contributed by atoms with Crippen molar-refractivity contribution in [3.05, 3.63) is 29.8 Å². The van der Waals surface area contributed by atoms with Crippen molar-refractivity contribution >= 4 is 17.5 Å². The van der Waals surface area contributed by atoms with Gasteiger partial charge in [0.25, 0.3) is 5.91 Å². The summed E-state index contributed by atoms with van der Waals surface area (Å²) in [5.41, 5.74) is 1.16. The van der Waals surface area contributed by atoms with Crippen LogP contribution in [-0.4, -0.2) is 30.9 Å². The molecule has 1 aromatic rings. The summed E-state index contributed by atoms with van der Waals surface area (Å²) in [5, 5.41) is 9.28. The van der Waals surface area contributed by atoms with Gasteiger partial charge >= 0.3 is 0 Å². The molecule has 0 bridgehead atoms. The number of carbonyl (C=O) groups excluding carboxylic acids is 2. The highest BCUT2D eigenvalue weighted by atomic mass is 16.2. The number of hydrogen-bond donors (Lipinski definition) is 3. The second kappa shape index (κ2) is 7.79. The molecule has 1 aliphatic heterocycles. The molecule has 1 saturated heterocycles. The Morgan fingerprint density at radius 3 is 2.58 bits per heavy atom. The zero-order valence-electron chi connectivity index (χ0n) is 14.3. The molecule has 1 atom stereocenters. The average molecular weight is 329 g/mol. The second-order valence-corrected chi connectivity index (χ2v) is 7.11. The number of nitrogens with one attached hydrogen (secondary N) is 3. The quantitative estimate of drug-likeness (QED) is 0.751. The van der Waals surface area contributed by atoms with E-state index in [4.69, 9.17) is 0 Å². The predicted octanol–water partition coefficient (Wildman–Crippen LogP) is 2.54. The van der Waals surface area contributed by atoms with Crippen LogP contribution in [0.3, 0.4) is 0 Å². The fraction of sp³-hybridized carbons (Fsp3) is 0.579. The molecule has 1 heterocycles. The smallest absolute Gasteiger partial charge is 0.253 e. The van der Waals surface area contributed by atoms with E-state index < -0.39 is 0 Å². The molecule has 2 fully saturated rings. The Labute approximate surface area is 143 Å². The molecule has 0 radical (unpaired) electrons. The molecular weight excluding hydrogens is 302 g/mol. The summed E-state index contributed by atoms with van der Waals surface area (Å²) in [6.07, 6.45) is 4.87. The molecule has 130 valence electrons. The highest BCUT2D eigenvalue weighted by Crippen LogP contribution is 2.25. The van der Waals surface area contributed by atoms with Crippen LogP contribution in [0.25, 0.3) is 0 Å². The Morgan fingerprint density at radius 2 is 1.88 bits per heavy atom. The highest BCUT2D eigenvalue weighted by Gasteiger charge is 2.26. The largest absolute Gasteiger partial charge is 0.349 e. The number of piperidine rings is 1. The van der Waals surface area contributed by atoms with Crippen molar-refractivity contribution in [2.24, 2.45) is 11.8 Å². The maximum absolute atomic E-state index is 12.4. The third kappa shape index (κ3) is 4.57. The van der Waals surface area contributed by atoms with Gasteiger partial charge < -0.3 is 16.0 Å². The standard InChI is InChI=1S/C19H27N3O2/c1-13(14-8-10-20-11-9-14)12-18(23)22-17-5-3-2-4-16(17)19(24)21-15-6-7-15/h2-5,13-15,20H,6-12H2,1H3,(H,21,24)(H,22,23). The van der Waals surface area contributed by atoms with Crippen LogP contribution in [0.2, 0.25) is 0 Å². The van der Waals surface area contributed by atoms with Crippen molar-refractivity contribution in [3.63, 3.8) is 0 Å². The van der Waals surface area contributed by atoms with Gasteiger partial charge in [-0.2, -0.15) is 0 Å². The second-order valence-electron chi connectivity index (χ2n) is 7.11. The molecule has 1 saturated carbocycles. The average Bonchev–Trinajstić information content (AvgIpc) is 3.40. The van der Waals surface area contributed by atoms with Crippen molar-refractivity contribution in [3.8, 4) is 0 Å². The topological polar surface area (TPSA) is 70.2 Å². The summed E-state index contributed by atoms with van der Waals surface area (Å²) < 4.78 is 0. The van der Waals surface area contributed by atoms with Crippen LogP contribution < -0.4 is 16.0 Å². The van der Waals surface area contributed by atoms with Gasteiger partial charge in [0.1, 0.15) is 0 Å². The first kappa shape index (κ1) is 17.0. The first-order valence-electron chi connectivity index (χ1n) is 9.04. The summed E-state index contributed by atoms with van der Waals surface area (Å²) in [5.74, 6) is 0.859. The summed E-state index contributed by atoms with van der Waals surface area (Å²) in [7, 11) is 0. The summed E-state index contributed by atoms with van der Waals surface area (Å²) in [6.45, 7) is 4.24. The molecule has 5 heteroatoms. The Bertz CT molecular complexity index is 592. The van der Waals surface area contributed by atoms with E-state index in [1.54, 1.807) is 12.1 Å². The van der Waals surface area contributed by atoms with Crippen LogP contribution in [-0.2, 0) is 4.79 Å². The first-order valence-corrected chi connectivity index (χ1v) is 9.04. The minimum Gasteiger partial charge on any atom is -0.349 e. The predicted molar refractivity (Wildman–Crippen MR) is 94.9 cm³/mol. The molecule has 0 aromatic heterocycles. The SMILES string of the molecule is CC(CC(=O)Nc1ccccc1C(=O)NC1CC1)C1CCNCC1. The van der Waals surface area contributed by atoms with Crippen LogP contribution in [0.4, 0.5) is 5.69 Å². The van der Waals surface area contributed by atoms with E-state index in [1.807, 2.05) is 12.1 Å². The Kier molecular flexibility index (Phi) is 5.51. The van der Waals surface area contributed by atoms with Crippen LogP contribution in [0, 0.1) is 11.8 Å². The van der Waals surface area contributed by atoms with Crippen LogP contribution >= 0.6 is 0 Å². The van der Waals surface area contributed by atoms with Crippen molar-refractivity contribution in [2.45, 2.75) is 45.1 Å². The van der Waals surface area contributed by atoms with Gasteiger partial charge in [-0.25, -0.2) is 0 Å². The first-order chi connectivity index (χ1) is 11.6. The molecule has 3 rings (SSSR count). The van der Waals surface area contributed by atoms with Gasteiger partial charge in [0.2, 0.25) is 5.91 Å². The third-order valence-corrected chi connectivity index (χ3v) is 5.05. The third-order valence-electron chi connectivity index (χ3n) is 5.05. The van der Waals surface area contributed by atoms with E-state index in [9.17, 15) is 9.59 Å². The van der Waals surface area contributed by atoms with E-state index in [0.29, 0.717) is 35.5 Å². The van der Waals surface area contributed by atoms with Crippen molar-refractivity contribution < 1.29 is 9.59 Å². The monoisotopic (exact) mass is 329 g/mol. The fourth-order valence-corrected chi connectivity index (χ4v) is 3.35. The van der Waals surface area contributed by atoms with Crippen molar-refractivity contribution in [2.75, 3.05) is 18.4 Å². The minimum atomic E-state index is -0.0974. The van der Waals surface area contributed by atoms with E-state index in [2.05, 4.69) is 22.9 Å². The molecular formula is C19H27N3O2. The number of anilines is 1. The van der Waals surface area contributed by atoms with E-state index >= 15 is 0 Å². The lowest BCUT2D eigenvalue weighted by molar-refractivity contribution is -0.117. The summed E-state index contributed by atoms with van der Waals surface area (Å²) in [6, 6.07) is 7.55. The van der Waals surface area contributed by atoms with Crippen molar-refractivity contribution in [1.82, 2.24) is 10.6 Å². The molecule has 5 nitrogen and oxygen atoms in total. The maximum Gasteiger partial charge on any atom is 0.253 e. The Morgan fingerprint density at radius 1 is 1.17 bits per heavy atom. The van der Waals surface area contributed by atoms with E-state index in [1.165, 1.54) is 0 Å². The highest BCUT2D eigenvalue weighted by molar-refractivity contribution is 6.03. The zero-order valence-corrected chi connectivity index (χ0v) is 14.3. The number of para-hydroxylation sites is 1. The van der Waals surface area contributed by atoms with Crippen LogP contribution in [0.1, 0.15) is 49.4 Å². The number of amides is 2. The van der Waals surface area contributed by atoms with Gasteiger partial charge in [-0.1, -0.05) is 19.1 Å². The Hall–Kier alpha value is -1.88. The fourth-order valence-electron chi connectivity index (χ4n) is 3.35. The Balaban J connectivity index is 1.58. The summed E-state index contributed by atoms with van der Waals surface area (Å²) >= 11 is 0. The molecule has 1 aromatic carbocycles. The molecule has 2 aliphatic rings. The van der Waals surface area contributed by atoms with Gasteiger partial charge in [0, 0.05) is 12.5 Å². The zero-order chi connectivity index (χ0) is 16.9. The lowest BCUT2D eigenvalue weighted by Crippen LogP contribution is -2.32. The van der Waals surface area contributed by atoms with Crippen LogP contribution in [0.5, 0.6) is 0 Å². The van der Waals surface area contributed by atoms with Crippen molar-refractivity contribution in [1.29, 1.82) is 0 Å². The number of rotatable bonds is 6. The van der Waals surface area contributed by atoms with Gasteiger partial charge in [0.15, 0.2) is 0 Å². The van der Waals surface area contributed by atoms with Gasteiger partial charge in [-0.05, 0) is 62.7 Å². The molecule has 3 N–H and O–H groups in total. The molecule has 0 spiro atoms. The molecule has 1 unspecified atom stereocenters. The van der Waals surface area contributed by atoms with E-state index in [0.717, 1.165) is 38.8 Å². The molecule has 24 heavy (non-hydrogen) atoms. The number of benzene rings is 1. The van der Waals surface area contributed by atoms with Crippen LogP contribution in [0.15, 0.2) is 24.3 Å². The van der Waals surface area contributed by atoms with Gasteiger partial charge in [-0.15, -0.1) is 0 Å². The van der Waals surface area contributed by atoms with Gasteiger partial charge in [0.05, 0.1) is 11.3 Å². The summed E-state index contributed by atoms with van der Waals surface area (Å²) in [4.78, 5) is 24.7. The normalized spacial score (nSPS) is 19.5. The van der Waals surface area contributed by atoms with Gasteiger partial charge in [-0.3, -0.25) is 9.59 Å². The number of hydrogen-bond acceptors (Lipinski definition) is 3. The molecule has 1 aliphatic carbocycles. The van der Waals surface area contributed by atoms with E-state index in [-0.39, 0.29) is 11.8 Å². The number of carbonyl (C=O) groups is 2. The molecule has 2 amide bonds. The lowest BCUT2D eigenvalue weighted by Gasteiger charge is -2.28. The lowest BCUT2D eigenvalue weighted by atomic mass is 9.84.